The maximum Gasteiger partial charge on any atom is 0.120 e. The van der Waals surface area contributed by atoms with Gasteiger partial charge in [-0.15, -0.1) is 0 Å². The number of allylic oxidation sites excluding steroid dienone is 2. The van der Waals surface area contributed by atoms with Gasteiger partial charge in [0.05, 0.1) is 0 Å². The van der Waals surface area contributed by atoms with Gasteiger partial charge in [-0.25, -0.2) is 4.39 Å². The van der Waals surface area contributed by atoms with E-state index in [1.165, 1.54) is 5.56 Å². The molecule has 0 heterocycles. The molecule has 0 N–H and O–H groups in total. The van der Waals surface area contributed by atoms with Crippen LogP contribution in [0.1, 0.15) is 24.0 Å². The summed E-state index contributed by atoms with van der Waals surface area (Å²) in [5.41, 5.74) is 3.63. The number of hydrogen-bond donors (Lipinski definition) is 0. The molecule has 0 fully saturated rings. The largest absolute Gasteiger partial charge is 0.245 e. The van der Waals surface area contributed by atoms with E-state index in [2.05, 4.69) is 59.0 Å². The first-order valence-electron chi connectivity index (χ1n) is 6.84. The van der Waals surface area contributed by atoms with Crippen LogP contribution < -0.4 is 0 Å². The molecule has 0 bridgehead atoms. The van der Waals surface area contributed by atoms with E-state index >= 15 is 0 Å². The van der Waals surface area contributed by atoms with E-state index in [0.717, 1.165) is 34.0 Å². The lowest BCUT2D eigenvalue weighted by atomic mass is 9.98. The van der Waals surface area contributed by atoms with Crippen LogP contribution in [0.4, 0.5) is 4.39 Å². The monoisotopic (exact) mass is 380 g/mol. The van der Waals surface area contributed by atoms with Gasteiger partial charge in [-0.3, -0.25) is 0 Å². The third-order valence-corrected chi connectivity index (χ3v) is 4.24. The first kappa shape index (κ1) is 15.2. The second kappa shape index (κ2) is 8.20. The Labute approximate surface area is 133 Å². The van der Waals surface area contributed by atoms with E-state index in [4.69, 9.17) is 0 Å². The average Bonchev–Trinajstić information content (AvgIpc) is 2.53. The summed E-state index contributed by atoms with van der Waals surface area (Å²) in [6.07, 6.45) is 3.00. The summed E-state index contributed by atoms with van der Waals surface area (Å²) in [6, 6.07) is 20.6. The molecule has 2 heteroatoms. The average molecular weight is 380 g/mol. The molecule has 0 unspecified atom stereocenters. The Morgan fingerprint density at radius 1 is 0.900 bits per heavy atom. The van der Waals surface area contributed by atoms with Crippen molar-refractivity contribution < 1.29 is 4.39 Å². The SMILES string of the molecule is FC/C(I)=C(/CCCc1ccccc1)c1ccccc1. The molecule has 2 aromatic carbocycles. The Morgan fingerprint density at radius 3 is 2.10 bits per heavy atom. The van der Waals surface area contributed by atoms with E-state index in [1.54, 1.807) is 0 Å². The normalized spacial score (nSPS) is 12.1. The topological polar surface area (TPSA) is 0 Å². The molecule has 0 aromatic heterocycles. The quantitative estimate of drug-likeness (QED) is 0.554. The molecule has 104 valence electrons. The zero-order valence-corrected chi connectivity index (χ0v) is 13.5. The van der Waals surface area contributed by atoms with Gasteiger partial charge < -0.3 is 0 Å². The highest BCUT2D eigenvalue weighted by molar-refractivity contribution is 14.1. The van der Waals surface area contributed by atoms with Gasteiger partial charge in [0.2, 0.25) is 0 Å². The van der Waals surface area contributed by atoms with Crippen LogP contribution in [0, 0.1) is 0 Å². The van der Waals surface area contributed by atoms with Crippen LogP contribution in [-0.2, 0) is 6.42 Å². The smallest absolute Gasteiger partial charge is 0.120 e. The number of halogens is 2. The molecular formula is C18H18FI. The molecule has 0 saturated carbocycles. The highest BCUT2D eigenvalue weighted by Gasteiger charge is 2.07. The number of benzene rings is 2. The van der Waals surface area contributed by atoms with Crippen molar-refractivity contribution in [1.29, 1.82) is 0 Å². The van der Waals surface area contributed by atoms with Crippen LogP contribution in [-0.4, -0.2) is 6.67 Å². The lowest BCUT2D eigenvalue weighted by molar-refractivity contribution is 0.559. The Morgan fingerprint density at radius 2 is 1.50 bits per heavy atom. The number of aryl methyl sites for hydroxylation is 1. The highest BCUT2D eigenvalue weighted by Crippen LogP contribution is 2.28. The predicted molar refractivity (Wildman–Crippen MR) is 92.7 cm³/mol. The molecule has 0 nitrogen and oxygen atoms in total. The Hall–Kier alpha value is -1.16. The minimum absolute atomic E-state index is 0.379. The first-order valence-corrected chi connectivity index (χ1v) is 7.92. The predicted octanol–water partition coefficient (Wildman–Crippen LogP) is 5.83. The summed E-state index contributed by atoms with van der Waals surface area (Å²) >= 11 is 2.13. The third kappa shape index (κ3) is 4.44. The van der Waals surface area contributed by atoms with Crippen molar-refractivity contribution in [2.45, 2.75) is 19.3 Å². The van der Waals surface area contributed by atoms with Gasteiger partial charge in [-0.2, -0.15) is 0 Å². The van der Waals surface area contributed by atoms with Crippen LogP contribution in [0.25, 0.3) is 5.57 Å². The second-order valence-electron chi connectivity index (χ2n) is 4.72. The minimum atomic E-state index is -0.379. The van der Waals surface area contributed by atoms with Crippen molar-refractivity contribution in [1.82, 2.24) is 0 Å². The summed E-state index contributed by atoms with van der Waals surface area (Å²) in [6.45, 7) is -0.379. The van der Waals surface area contributed by atoms with Gasteiger partial charge in [0, 0.05) is 3.58 Å². The number of hydrogen-bond acceptors (Lipinski definition) is 0. The highest BCUT2D eigenvalue weighted by atomic mass is 127. The van der Waals surface area contributed by atoms with Crippen LogP contribution in [0.5, 0.6) is 0 Å². The molecule has 0 spiro atoms. The van der Waals surface area contributed by atoms with E-state index in [1.807, 2.05) is 24.3 Å². The lowest BCUT2D eigenvalue weighted by Gasteiger charge is -2.10. The molecule has 2 rings (SSSR count). The maximum atomic E-state index is 13.0. The Balaban J connectivity index is 2.03. The standard InChI is InChI=1S/C18H18FI/c19-14-18(20)17(16-11-5-2-6-12-16)13-7-10-15-8-3-1-4-9-15/h1-6,8-9,11-12H,7,10,13-14H2/b18-17+. The minimum Gasteiger partial charge on any atom is -0.245 e. The molecule has 0 atom stereocenters. The fourth-order valence-electron chi connectivity index (χ4n) is 2.27. The van der Waals surface area contributed by atoms with Gasteiger partial charge in [-0.1, -0.05) is 60.7 Å². The summed E-state index contributed by atoms with van der Waals surface area (Å²) in [5, 5.41) is 0. The molecule has 0 aliphatic heterocycles. The molecule has 20 heavy (non-hydrogen) atoms. The van der Waals surface area contributed by atoms with Crippen LogP contribution in [0.2, 0.25) is 0 Å². The molecular weight excluding hydrogens is 362 g/mol. The van der Waals surface area contributed by atoms with Gasteiger partial charge in [0.25, 0.3) is 0 Å². The van der Waals surface area contributed by atoms with Gasteiger partial charge in [0.1, 0.15) is 6.67 Å². The second-order valence-corrected chi connectivity index (χ2v) is 6.02. The Bertz CT molecular complexity index is 546. The van der Waals surface area contributed by atoms with E-state index in [0.29, 0.717) is 0 Å². The van der Waals surface area contributed by atoms with E-state index in [-0.39, 0.29) is 6.67 Å². The fourth-order valence-corrected chi connectivity index (χ4v) is 2.85. The molecule has 0 radical (unpaired) electrons. The van der Waals surface area contributed by atoms with E-state index < -0.39 is 0 Å². The van der Waals surface area contributed by atoms with Crippen LogP contribution in [0.3, 0.4) is 0 Å². The molecule has 0 saturated heterocycles. The molecule has 2 aromatic rings. The Kier molecular flexibility index (Phi) is 6.25. The first-order chi connectivity index (χ1) is 9.81. The van der Waals surface area contributed by atoms with Gasteiger partial charge in [0.15, 0.2) is 0 Å². The molecule has 0 amide bonds. The zero-order valence-electron chi connectivity index (χ0n) is 11.4. The zero-order chi connectivity index (χ0) is 14.2. The number of alkyl halides is 1. The van der Waals surface area contributed by atoms with Gasteiger partial charge in [-0.05, 0) is 58.6 Å². The van der Waals surface area contributed by atoms with Crippen molar-refractivity contribution in [3.05, 3.63) is 75.4 Å². The lowest BCUT2D eigenvalue weighted by Crippen LogP contribution is -1.92. The van der Waals surface area contributed by atoms with Gasteiger partial charge >= 0.3 is 0 Å². The van der Waals surface area contributed by atoms with Crippen molar-refractivity contribution in [2.24, 2.45) is 0 Å². The van der Waals surface area contributed by atoms with Crippen molar-refractivity contribution in [3.63, 3.8) is 0 Å². The molecule has 0 aliphatic carbocycles. The van der Waals surface area contributed by atoms with Crippen LogP contribution in [0.15, 0.2) is 64.2 Å². The summed E-state index contributed by atoms with van der Waals surface area (Å²) in [4.78, 5) is 0. The van der Waals surface area contributed by atoms with Crippen molar-refractivity contribution >= 4 is 28.2 Å². The van der Waals surface area contributed by atoms with Crippen LogP contribution >= 0.6 is 22.6 Å². The number of rotatable bonds is 6. The van der Waals surface area contributed by atoms with E-state index in [9.17, 15) is 4.39 Å². The maximum absolute atomic E-state index is 13.0. The fraction of sp³-hybridized carbons (Fsp3) is 0.222. The van der Waals surface area contributed by atoms with Crippen molar-refractivity contribution in [3.8, 4) is 0 Å². The summed E-state index contributed by atoms with van der Waals surface area (Å²) in [7, 11) is 0. The molecule has 0 aliphatic rings. The van der Waals surface area contributed by atoms with Crippen molar-refractivity contribution in [2.75, 3.05) is 6.67 Å². The summed E-state index contributed by atoms with van der Waals surface area (Å²) < 4.78 is 13.8. The third-order valence-electron chi connectivity index (χ3n) is 3.30. The summed E-state index contributed by atoms with van der Waals surface area (Å²) in [5.74, 6) is 0.